The van der Waals surface area contributed by atoms with Crippen molar-refractivity contribution in [2.45, 2.75) is 13.8 Å². The van der Waals surface area contributed by atoms with Crippen molar-refractivity contribution in [1.29, 1.82) is 0 Å². The Kier molecular flexibility index (Phi) is 7.84. The molecule has 0 atom stereocenters. The highest BCUT2D eigenvalue weighted by molar-refractivity contribution is 5.53. The van der Waals surface area contributed by atoms with E-state index in [2.05, 4.69) is 5.32 Å². The fourth-order valence-electron chi connectivity index (χ4n) is 1.79. The first kappa shape index (κ1) is 16.6. The van der Waals surface area contributed by atoms with E-state index in [1.54, 1.807) is 14.2 Å². The maximum absolute atomic E-state index is 5.76. The number of ether oxygens (including phenoxy) is 4. The number of benzene rings is 1. The molecular formula is C15H25NO4. The Balaban J connectivity index is 2.46. The van der Waals surface area contributed by atoms with E-state index in [0.29, 0.717) is 30.5 Å². The van der Waals surface area contributed by atoms with Gasteiger partial charge < -0.3 is 24.3 Å². The van der Waals surface area contributed by atoms with Crippen LogP contribution >= 0.6 is 0 Å². The van der Waals surface area contributed by atoms with Crippen LogP contribution in [0.4, 0.5) is 0 Å². The van der Waals surface area contributed by atoms with Crippen LogP contribution < -0.4 is 19.5 Å². The Labute approximate surface area is 121 Å². The van der Waals surface area contributed by atoms with E-state index in [1.165, 1.54) is 0 Å². The largest absolute Gasteiger partial charge is 0.493 e. The summed E-state index contributed by atoms with van der Waals surface area (Å²) in [6.07, 6.45) is 0. The Morgan fingerprint density at radius 1 is 1.00 bits per heavy atom. The molecule has 5 nitrogen and oxygen atoms in total. The molecule has 1 aromatic rings. The quantitative estimate of drug-likeness (QED) is 0.666. The standard InChI is InChI=1S/C15H25NO4/c1-5-19-8-6-16-7-9-20-15-13(17-3)10-12(2)11-14(15)18-4/h10-11,16H,5-9H2,1-4H3. The summed E-state index contributed by atoms with van der Waals surface area (Å²) in [6.45, 7) is 7.54. The Hall–Kier alpha value is -1.46. The summed E-state index contributed by atoms with van der Waals surface area (Å²) < 4.78 is 21.7. The zero-order valence-corrected chi connectivity index (χ0v) is 12.8. The fourth-order valence-corrected chi connectivity index (χ4v) is 1.79. The SMILES string of the molecule is CCOCCNCCOc1c(OC)cc(C)cc1OC. The van der Waals surface area contributed by atoms with E-state index in [9.17, 15) is 0 Å². The van der Waals surface area contributed by atoms with Gasteiger partial charge in [0.1, 0.15) is 6.61 Å². The van der Waals surface area contributed by atoms with E-state index < -0.39 is 0 Å². The molecule has 0 saturated heterocycles. The third-order valence-corrected chi connectivity index (χ3v) is 2.76. The topological polar surface area (TPSA) is 49.0 Å². The van der Waals surface area contributed by atoms with Crippen molar-refractivity contribution < 1.29 is 18.9 Å². The highest BCUT2D eigenvalue weighted by Crippen LogP contribution is 2.38. The first-order valence-electron chi connectivity index (χ1n) is 6.86. The smallest absolute Gasteiger partial charge is 0.203 e. The highest BCUT2D eigenvalue weighted by atomic mass is 16.5. The molecule has 0 bridgehead atoms. The van der Waals surface area contributed by atoms with Crippen molar-refractivity contribution in [3.63, 3.8) is 0 Å². The number of rotatable bonds is 10. The first-order chi connectivity index (χ1) is 9.72. The summed E-state index contributed by atoms with van der Waals surface area (Å²) in [7, 11) is 3.25. The van der Waals surface area contributed by atoms with Gasteiger partial charge in [0.15, 0.2) is 11.5 Å². The third kappa shape index (κ3) is 5.27. The van der Waals surface area contributed by atoms with E-state index in [0.717, 1.165) is 25.3 Å². The lowest BCUT2D eigenvalue weighted by molar-refractivity contribution is 0.148. The molecular weight excluding hydrogens is 258 g/mol. The normalized spacial score (nSPS) is 10.4. The Bertz CT molecular complexity index is 370. The molecule has 0 aromatic heterocycles. The van der Waals surface area contributed by atoms with Crippen LogP contribution in [-0.2, 0) is 4.74 Å². The van der Waals surface area contributed by atoms with Gasteiger partial charge in [-0.2, -0.15) is 0 Å². The molecule has 1 aromatic carbocycles. The molecule has 20 heavy (non-hydrogen) atoms. The van der Waals surface area contributed by atoms with Crippen LogP contribution in [0.3, 0.4) is 0 Å². The number of hydrogen-bond donors (Lipinski definition) is 1. The first-order valence-corrected chi connectivity index (χ1v) is 6.86. The molecule has 0 unspecified atom stereocenters. The average molecular weight is 283 g/mol. The van der Waals surface area contributed by atoms with Gasteiger partial charge in [-0.15, -0.1) is 0 Å². The molecule has 1 N–H and O–H groups in total. The predicted molar refractivity (Wildman–Crippen MR) is 79.1 cm³/mol. The van der Waals surface area contributed by atoms with Crippen LogP contribution in [0.2, 0.25) is 0 Å². The van der Waals surface area contributed by atoms with Gasteiger partial charge in [0.25, 0.3) is 0 Å². The molecule has 0 fully saturated rings. The van der Waals surface area contributed by atoms with Gasteiger partial charge in [-0.3, -0.25) is 0 Å². The van der Waals surface area contributed by atoms with E-state index in [4.69, 9.17) is 18.9 Å². The van der Waals surface area contributed by atoms with Crippen molar-refractivity contribution in [2.75, 3.05) is 47.1 Å². The van der Waals surface area contributed by atoms with Gasteiger partial charge in [-0.05, 0) is 31.5 Å². The Morgan fingerprint density at radius 2 is 1.60 bits per heavy atom. The summed E-state index contributed by atoms with van der Waals surface area (Å²) in [5, 5.41) is 3.25. The molecule has 0 radical (unpaired) electrons. The Morgan fingerprint density at radius 3 is 2.15 bits per heavy atom. The lowest BCUT2D eigenvalue weighted by Crippen LogP contribution is -2.25. The zero-order valence-electron chi connectivity index (χ0n) is 12.8. The van der Waals surface area contributed by atoms with Gasteiger partial charge >= 0.3 is 0 Å². The number of aryl methyl sites for hydroxylation is 1. The van der Waals surface area contributed by atoms with Crippen molar-refractivity contribution in [3.05, 3.63) is 17.7 Å². The number of nitrogens with one attached hydrogen (secondary N) is 1. The van der Waals surface area contributed by atoms with Crippen molar-refractivity contribution >= 4 is 0 Å². The zero-order chi connectivity index (χ0) is 14.8. The maximum Gasteiger partial charge on any atom is 0.203 e. The molecule has 0 amide bonds. The minimum absolute atomic E-state index is 0.544. The highest BCUT2D eigenvalue weighted by Gasteiger charge is 2.12. The molecule has 0 spiro atoms. The monoisotopic (exact) mass is 283 g/mol. The van der Waals surface area contributed by atoms with Crippen LogP contribution in [0.1, 0.15) is 12.5 Å². The van der Waals surface area contributed by atoms with Gasteiger partial charge in [-0.25, -0.2) is 0 Å². The fraction of sp³-hybridized carbons (Fsp3) is 0.600. The number of hydrogen-bond acceptors (Lipinski definition) is 5. The second-order valence-corrected chi connectivity index (χ2v) is 4.29. The van der Waals surface area contributed by atoms with Gasteiger partial charge in [0, 0.05) is 19.7 Å². The summed E-state index contributed by atoms with van der Waals surface area (Å²) in [5.74, 6) is 2.03. The molecule has 0 aliphatic carbocycles. The van der Waals surface area contributed by atoms with Crippen LogP contribution in [0.5, 0.6) is 17.2 Å². The molecule has 0 aliphatic heterocycles. The van der Waals surface area contributed by atoms with Crippen LogP contribution in [0.25, 0.3) is 0 Å². The van der Waals surface area contributed by atoms with Gasteiger partial charge in [-0.1, -0.05) is 0 Å². The van der Waals surface area contributed by atoms with Gasteiger partial charge in [0.2, 0.25) is 5.75 Å². The lowest BCUT2D eigenvalue weighted by Gasteiger charge is -2.15. The minimum atomic E-state index is 0.544. The van der Waals surface area contributed by atoms with Crippen LogP contribution in [0.15, 0.2) is 12.1 Å². The van der Waals surface area contributed by atoms with Gasteiger partial charge in [0.05, 0.1) is 20.8 Å². The third-order valence-electron chi connectivity index (χ3n) is 2.76. The summed E-state index contributed by atoms with van der Waals surface area (Å²) in [5.41, 5.74) is 1.07. The lowest BCUT2D eigenvalue weighted by atomic mass is 10.2. The average Bonchev–Trinajstić information content (AvgIpc) is 2.46. The van der Waals surface area contributed by atoms with E-state index in [-0.39, 0.29) is 0 Å². The molecule has 0 aliphatic rings. The summed E-state index contributed by atoms with van der Waals surface area (Å²) in [4.78, 5) is 0. The molecule has 114 valence electrons. The predicted octanol–water partition coefficient (Wildman–Crippen LogP) is 2.02. The van der Waals surface area contributed by atoms with Crippen molar-refractivity contribution in [1.82, 2.24) is 5.32 Å². The van der Waals surface area contributed by atoms with Crippen molar-refractivity contribution in [2.24, 2.45) is 0 Å². The van der Waals surface area contributed by atoms with Crippen molar-refractivity contribution in [3.8, 4) is 17.2 Å². The van der Waals surface area contributed by atoms with Crippen LogP contribution in [-0.4, -0.2) is 47.1 Å². The molecule has 5 heteroatoms. The second kappa shape index (κ2) is 9.44. The minimum Gasteiger partial charge on any atom is -0.493 e. The van der Waals surface area contributed by atoms with E-state index in [1.807, 2.05) is 26.0 Å². The molecule has 0 heterocycles. The van der Waals surface area contributed by atoms with E-state index >= 15 is 0 Å². The number of methoxy groups -OCH3 is 2. The van der Waals surface area contributed by atoms with Crippen LogP contribution in [0, 0.1) is 6.92 Å². The molecule has 0 saturated carbocycles. The summed E-state index contributed by atoms with van der Waals surface area (Å²) >= 11 is 0. The second-order valence-electron chi connectivity index (χ2n) is 4.29. The summed E-state index contributed by atoms with van der Waals surface area (Å²) in [6, 6.07) is 3.86. The maximum atomic E-state index is 5.76. The molecule has 1 rings (SSSR count).